The monoisotopic (exact) mass is 302 g/mol. The highest BCUT2D eigenvalue weighted by Gasteiger charge is 2.10. The van der Waals surface area contributed by atoms with Gasteiger partial charge in [0.25, 0.3) is 10.0 Å². The van der Waals surface area contributed by atoms with Crippen LogP contribution in [0.15, 0.2) is 64.6 Å². The Morgan fingerprint density at radius 3 is 2.19 bits per heavy atom. The predicted molar refractivity (Wildman–Crippen MR) is 84.9 cm³/mol. The first-order valence-electron chi connectivity index (χ1n) is 6.69. The normalized spacial score (nSPS) is 12.0. The summed E-state index contributed by atoms with van der Waals surface area (Å²) in [5.74, 6) is 0.465. The maximum Gasteiger partial charge on any atom is 0.276 e. The van der Waals surface area contributed by atoms with E-state index >= 15 is 0 Å². The molecule has 0 heterocycles. The molecule has 0 fully saturated rings. The summed E-state index contributed by atoms with van der Waals surface area (Å²) in [4.78, 5) is 2.39. The van der Waals surface area contributed by atoms with Crippen LogP contribution in [0.1, 0.15) is 30.9 Å². The summed E-state index contributed by atoms with van der Waals surface area (Å²) in [5, 5.41) is 3.80. The lowest BCUT2D eigenvalue weighted by Crippen LogP contribution is -2.18. The van der Waals surface area contributed by atoms with Gasteiger partial charge in [0.05, 0.1) is 11.1 Å². The fraction of sp³-hybridized carbons (Fsp3) is 0.188. The molecular weight excluding hydrogens is 284 g/mol. The third-order valence-electron chi connectivity index (χ3n) is 3.04. The molecule has 0 bridgehead atoms. The second kappa shape index (κ2) is 6.54. The van der Waals surface area contributed by atoms with E-state index in [9.17, 15) is 8.42 Å². The van der Waals surface area contributed by atoms with Crippen molar-refractivity contribution in [2.24, 2.45) is 5.10 Å². The predicted octanol–water partition coefficient (Wildman–Crippen LogP) is 3.12. The minimum absolute atomic E-state index is 0.192. The zero-order valence-electron chi connectivity index (χ0n) is 12.0. The SMILES string of the molecule is CC(C)c1ccc(/C=N/NS(=O)(=O)c2ccccc2)cc1. The van der Waals surface area contributed by atoms with E-state index in [-0.39, 0.29) is 4.90 Å². The van der Waals surface area contributed by atoms with Gasteiger partial charge in [0, 0.05) is 0 Å². The van der Waals surface area contributed by atoms with Crippen LogP contribution in [0.4, 0.5) is 0 Å². The van der Waals surface area contributed by atoms with Crippen LogP contribution in [0.2, 0.25) is 0 Å². The topological polar surface area (TPSA) is 58.5 Å². The van der Waals surface area contributed by atoms with Crippen molar-refractivity contribution in [3.05, 3.63) is 65.7 Å². The number of hydrazone groups is 1. The fourth-order valence-electron chi connectivity index (χ4n) is 1.79. The summed E-state index contributed by atoms with van der Waals surface area (Å²) >= 11 is 0. The highest BCUT2D eigenvalue weighted by molar-refractivity contribution is 7.89. The van der Waals surface area contributed by atoms with Crippen LogP contribution >= 0.6 is 0 Å². The highest BCUT2D eigenvalue weighted by Crippen LogP contribution is 2.14. The second-order valence-electron chi connectivity index (χ2n) is 4.99. The van der Waals surface area contributed by atoms with Crippen LogP contribution in [0.25, 0.3) is 0 Å². The van der Waals surface area contributed by atoms with Crippen molar-refractivity contribution in [2.75, 3.05) is 0 Å². The molecule has 2 aromatic carbocycles. The van der Waals surface area contributed by atoms with E-state index in [0.29, 0.717) is 5.92 Å². The van der Waals surface area contributed by atoms with Gasteiger partial charge in [-0.25, -0.2) is 4.83 Å². The van der Waals surface area contributed by atoms with Gasteiger partial charge in [0.15, 0.2) is 0 Å². The molecule has 0 saturated carbocycles. The zero-order valence-corrected chi connectivity index (χ0v) is 12.8. The minimum Gasteiger partial charge on any atom is -0.200 e. The summed E-state index contributed by atoms with van der Waals surface area (Å²) in [6, 6.07) is 16.0. The van der Waals surface area contributed by atoms with Gasteiger partial charge in [0.1, 0.15) is 0 Å². The molecule has 0 aliphatic carbocycles. The Morgan fingerprint density at radius 1 is 1.00 bits per heavy atom. The third kappa shape index (κ3) is 4.16. The quantitative estimate of drug-likeness (QED) is 0.681. The van der Waals surface area contributed by atoms with Crippen LogP contribution in [-0.4, -0.2) is 14.6 Å². The van der Waals surface area contributed by atoms with E-state index < -0.39 is 10.0 Å². The van der Waals surface area contributed by atoms with Crippen LogP contribution < -0.4 is 4.83 Å². The molecule has 2 aromatic rings. The van der Waals surface area contributed by atoms with Crippen LogP contribution in [0.3, 0.4) is 0 Å². The lowest BCUT2D eigenvalue weighted by atomic mass is 10.0. The molecule has 0 unspecified atom stereocenters. The van der Waals surface area contributed by atoms with E-state index in [0.717, 1.165) is 5.56 Å². The van der Waals surface area contributed by atoms with Crippen molar-refractivity contribution in [1.29, 1.82) is 0 Å². The number of hydrogen-bond donors (Lipinski definition) is 1. The average Bonchev–Trinajstić information content (AvgIpc) is 2.48. The number of hydrogen-bond acceptors (Lipinski definition) is 3. The first kappa shape index (κ1) is 15.3. The first-order valence-corrected chi connectivity index (χ1v) is 8.17. The van der Waals surface area contributed by atoms with Crippen molar-refractivity contribution in [2.45, 2.75) is 24.7 Å². The minimum atomic E-state index is -3.60. The summed E-state index contributed by atoms with van der Waals surface area (Å²) in [6.07, 6.45) is 1.49. The summed E-state index contributed by atoms with van der Waals surface area (Å²) in [7, 11) is -3.60. The maximum atomic E-state index is 11.9. The Balaban J connectivity index is 2.05. The van der Waals surface area contributed by atoms with E-state index in [1.807, 2.05) is 24.3 Å². The Bertz CT molecular complexity index is 706. The van der Waals surface area contributed by atoms with Gasteiger partial charge in [-0.3, -0.25) is 0 Å². The molecule has 0 radical (unpaired) electrons. The Labute approximate surface area is 125 Å². The van der Waals surface area contributed by atoms with Gasteiger partial charge in [-0.05, 0) is 29.2 Å². The molecule has 0 saturated heterocycles. The Kier molecular flexibility index (Phi) is 4.75. The molecule has 1 N–H and O–H groups in total. The lowest BCUT2D eigenvalue weighted by Gasteiger charge is -2.05. The molecular formula is C16H18N2O2S. The van der Waals surface area contributed by atoms with Crippen molar-refractivity contribution in [1.82, 2.24) is 4.83 Å². The molecule has 0 spiro atoms. The second-order valence-corrected chi connectivity index (χ2v) is 6.65. The van der Waals surface area contributed by atoms with E-state index in [1.54, 1.807) is 18.2 Å². The molecule has 110 valence electrons. The molecule has 5 heteroatoms. The van der Waals surface area contributed by atoms with Gasteiger partial charge >= 0.3 is 0 Å². The molecule has 4 nitrogen and oxygen atoms in total. The smallest absolute Gasteiger partial charge is 0.200 e. The highest BCUT2D eigenvalue weighted by atomic mass is 32.2. The van der Waals surface area contributed by atoms with Gasteiger partial charge in [0.2, 0.25) is 0 Å². The van der Waals surface area contributed by atoms with Gasteiger partial charge in [-0.15, -0.1) is 0 Å². The van der Waals surface area contributed by atoms with E-state index in [1.165, 1.54) is 23.9 Å². The average molecular weight is 302 g/mol. The molecule has 0 aliphatic heterocycles. The number of rotatable bonds is 5. The zero-order chi connectivity index (χ0) is 15.3. The van der Waals surface area contributed by atoms with Crippen molar-refractivity contribution >= 4 is 16.2 Å². The van der Waals surface area contributed by atoms with Crippen molar-refractivity contribution < 1.29 is 8.42 Å². The molecule has 0 amide bonds. The van der Waals surface area contributed by atoms with Crippen LogP contribution in [0, 0.1) is 0 Å². The Morgan fingerprint density at radius 2 is 1.62 bits per heavy atom. The van der Waals surface area contributed by atoms with Gasteiger partial charge < -0.3 is 0 Å². The van der Waals surface area contributed by atoms with E-state index in [2.05, 4.69) is 23.8 Å². The van der Waals surface area contributed by atoms with E-state index in [4.69, 9.17) is 0 Å². The summed E-state index contributed by atoms with van der Waals surface area (Å²) in [6.45, 7) is 4.24. The standard InChI is InChI=1S/C16H18N2O2S/c1-13(2)15-10-8-14(9-11-15)12-17-18-21(19,20)16-6-4-3-5-7-16/h3-13,18H,1-2H3/b17-12+. The van der Waals surface area contributed by atoms with Gasteiger partial charge in [-0.2, -0.15) is 13.5 Å². The van der Waals surface area contributed by atoms with Crippen molar-refractivity contribution in [3.63, 3.8) is 0 Å². The molecule has 21 heavy (non-hydrogen) atoms. The summed E-state index contributed by atoms with van der Waals surface area (Å²) in [5.41, 5.74) is 2.08. The summed E-state index contributed by atoms with van der Waals surface area (Å²) < 4.78 is 23.9. The largest absolute Gasteiger partial charge is 0.276 e. The maximum absolute atomic E-state index is 11.9. The molecule has 2 rings (SSSR count). The van der Waals surface area contributed by atoms with Crippen LogP contribution in [-0.2, 0) is 10.0 Å². The number of sulfonamides is 1. The first-order chi connectivity index (χ1) is 9.99. The molecule has 0 atom stereocenters. The van der Waals surface area contributed by atoms with Crippen LogP contribution in [0.5, 0.6) is 0 Å². The number of nitrogens with zero attached hydrogens (tertiary/aromatic N) is 1. The van der Waals surface area contributed by atoms with Crippen molar-refractivity contribution in [3.8, 4) is 0 Å². The number of benzene rings is 2. The fourth-order valence-corrected chi connectivity index (χ4v) is 2.60. The Hall–Kier alpha value is -2.14. The number of nitrogens with one attached hydrogen (secondary N) is 1. The molecule has 0 aromatic heterocycles. The molecule has 0 aliphatic rings. The third-order valence-corrected chi connectivity index (χ3v) is 4.28. The lowest BCUT2D eigenvalue weighted by molar-refractivity contribution is 0.584. The van der Waals surface area contributed by atoms with Gasteiger partial charge in [-0.1, -0.05) is 56.3 Å².